The zero-order valence-corrected chi connectivity index (χ0v) is 11.9. The molecule has 0 aliphatic rings. The predicted octanol–water partition coefficient (Wildman–Crippen LogP) is 2.53. The van der Waals surface area contributed by atoms with Crippen LogP contribution in [-0.4, -0.2) is 23.1 Å². The van der Waals surface area contributed by atoms with Gasteiger partial charge in [-0.2, -0.15) is 0 Å². The predicted molar refractivity (Wildman–Crippen MR) is 73.8 cm³/mol. The molecule has 1 aromatic rings. The van der Waals surface area contributed by atoms with E-state index in [9.17, 15) is 14.9 Å². The summed E-state index contributed by atoms with van der Waals surface area (Å²) >= 11 is 0. The first-order valence-electron chi connectivity index (χ1n) is 6.18. The Hall–Kier alpha value is -2.31. The summed E-state index contributed by atoms with van der Waals surface area (Å²) in [5, 5.41) is 10.9. The van der Waals surface area contributed by atoms with Gasteiger partial charge < -0.3 is 15.2 Å². The first kappa shape index (κ1) is 15.7. The number of nitro benzene ring substituents is 1. The lowest BCUT2D eigenvalue weighted by molar-refractivity contribution is -0.383. The molecule has 0 saturated heterocycles. The molecule has 0 spiro atoms. The van der Waals surface area contributed by atoms with E-state index in [-0.39, 0.29) is 34.9 Å². The van der Waals surface area contributed by atoms with Crippen LogP contribution in [0.4, 0.5) is 11.4 Å². The molecule has 0 fully saturated rings. The molecule has 0 saturated carbocycles. The molecule has 1 rings (SSSR count). The minimum Gasteiger partial charge on any atom is -0.490 e. The van der Waals surface area contributed by atoms with E-state index >= 15 is 0 Å². The zero-order valence-electron chi connectivity index (χ0n) is 11.9. The van der Waals surface area contributed by atoms with Gasteiger partial charge >= 0.3 is 5.97 Å². The molecule has 2 N–H and O–H groups in total. The van der Waals surface area contributed by atoms with Crippen LogP contribution < -0.4 is 10.5 Å². The average Bonchev–Trinajstić information content (AvgIpc) is 2.26. The van der Waals surface area contributed by atoms with Crippen LogP contribution in [0.25, 0.3) is 0 Å². The monoisotopic (exact) mass is 282 g/mol. The lowest BCUT2D eigenvalue weighted by Gasteiger charge is -2.16. The second-order valence-electron chi connectivity index (χ2n) is 4.75. The Morgan fingerprint density at radius 3 is 2.30 bits per heavy atom. The third-order valence-electron chi connectivity index (χ3n) is 2.29. The van der Waals surface area contributed by atoms with Gasteiger partial charge in [-0.05, 0) is 33.8 Å². The van der Waals surface area contributed by atoms with Gasteiger partial charge in [0.1, 0.15) is 17.0 Å². The highest BCUT2D eigenvalue weighted by molar-refractivity contribution is 6.00. The minimum absolute atomic E-state index is 0.110. The van der Waals surface area contributed by atoms with Crippen LogP contribution in [0, 0.1) is 10.1 Å². The number of carbonyl (C=O) groups excluding carboxylic acids is 1. The van der Waals surface area contributed by atoms with Crippen molar-refractivity contribution in [2.45, 2.75) is 39.9 Å². The normalized spacial score (nSPS) is 10.7. The van der Waals surface area contributed by atoms with Crippen molar-refractivity contribution in [2.75, 3.05) is 5.73 Å². The Kier molecular flexibility index (Phi) is 4.90. The Bertz CT molecular complexity index is 526. The topological polar surface area (TPSA) is 105 Å². The quantitative estimate of drug-likeness (QED) is 0.385. The van der Waals surface area contributed by atoms with Gasteiger partial charge in [-0.1, -0.05) is 0 Å². The summed E-state index contributed by atoms with van der Waals surface area (Å²) in [7, 11) is 0. The lowest BCUT2D eigenvalue weighted by Crippen LogP contribution is -2.17. The van der Waals surface area contributed by atoms with Crippen molar-refractivity contribution >= 4 is 17.3 Å². The molecular formula is C13H18N2O5. The number of esters is 1. The summed E-state index contributed by atoms with van der Waals surface area (Å²) in [4.78, 5) is 22.3. The van der Waals surface area contributed by atoms with Gasteiger partial charge in [-0.25, -0.2) is 4.79 Å². The minimum atomic E-state index is -0.739. The van der Waals surface area contributed by atoms with Crippen molar-refractivity contribution in [1.29, 1.82) is 0 Å². The van der Waals surface area contributed by atoms with Gasteiger partial charge in [-0.3, -0.25) is 10.1 Å². The van der Waals surface area contributed by atoms with E-state index in [1.807, 2.05) is 0 Å². The van der Waals surface area contributed by atoms with Gasteiger partial charge in [0.2, 0.25) is 0 Å². The molecule has 0 amide bonds. The summed E-state index contributed by atoms with van der Waals surface area (Å²) < 4.78 is 10.5. The zero-order chi connectivity index (χ0) is 15.4. The van der Waals surface area contributed by atoms with Crippen LogP contribution in [-0.2, 0) is 4.74 Å². The highest BCUT2D eigenvalue weighted by Crippen LogP contribution is 2.34. The van der Waals surface area contributed by atoms with E-state index in [1.54, 1.807) is 27.7 Å². The van der Waals surface area contributed by atoms with Crippen LogP contribution in [0.3, 0.4) is 0 Å². The molecule has 0 bridgehead atoms. The third kappa shape index (κ3) is 3.59. The maximum Gasteiger partial charge on any atom is 0.344 e. The van der Waals surface area contributed by atoms with Crippen LogP contribution in [0.15, 0.2) is 12.1 Å². The highest BCUT2D eigenvalue weighted by Gasteiger charge is 2.26. The van der Waals surface area contributed by atoms with Gasteiger partial charge in [0.25, 0.3) is 5.69 Å². The fraction of sp³-hybridized carbons (Fsp3) is 0.462. The van der Waals surface area contributed by atoms with Gasteiger partial charge in [-0.15, -0.1) is 0 Å². The number of nitrogens with zero attached hydrogens (tertiary/aromatic N) is 1. The lowest BCUT2D eigenvalue weighted by atomic mass is 10.1. The van der Waals surface area contributed by atoms with E-state index in [0.717, 1.165) is 0 Å². The molecule has 20 heavy (non-hydrogen) atoms. The number of rotatable bonds is 5. The van der Waals surface area contributed by atoms with E-state index in [1.165, 1.54) is 12.1 Å². The van der Waals surface area contributed by atoms with Crippen LogP contribution in [0.2, 0.25) is 0 Å². The number of nitrogen functional groups attached to an aromatic ring is 1. The number of nitrogens with two attached hydrogens (primary N) is 1. The fourth-order valence-corrected chi connectivity index (χ4v) is 1.58. The Morgan fingerprint density at radius 1 is 1.25 bits per heavy atom. The third-order valence-corrected chi connectivity index (χ3v) is 2.29. The van der Waals surface area contributed by atoms with Crippen molar-refractivity contribution in [3.05, 3.63) is 27.8 Å². The Balaban J connectivity index is 3.36. The van der Waals surface area contributed by atoms with E-state index in [2.05, 4.69) is 0 Å². The number of hydrogen-bond donors (Lipinski definition) is 1. The van der Waals surface area contributed by atoms with Gasteiger partial charge in [0.15, 0.2) is 0 Å². The Labute approximate surface area is 116 Å². The Morgan fingerprint density at radius 2 is 1.85 bits per heavy atom. The number of anilines is 1. The standard InChI is InChI=1S/C13H18N2O5/c1-7(2)19-10-6-5-9(15(17)18)12(14)11(10)13(16)20-8(3)4/h5-8H,14H2,1-4H3. The number of nitro groups is 1. The maximum atomic E-state index is 12.0. The summed E-state index contributed by atoms with van der Waals surface area (Å²) in [6, 6.07) is 2.56. The van der Waals surface area contributed by atoms with E-state index in [4.69, 9.17) is 15.2 Å². The van der Waals surface area contributed by atoms with Crippen molar-refractivity contribution in [1.82, 2.24) is 0 Å². The molecule has 110 valence electrons. The van der Waals surface area contributed by atoms with Gasteiger partial charge in [0, 0.05) is 6.07 Å². The molecule has 0 aromatic heterocycles. The number of ether oxygens (including phenoxy) is 2. The second kappa shape index (κ2) is 6.23. The smallest absolute Gasteiger partial charge is 0.344 e. The SMILES string of the molecule is CC(C)OC(=O)c1c(OC(C)C)ccc([N+](=O)[O-])c1N. The summed E-state index contributed by atoms with van der Waals surface area (Å²) in [5.74, 6) is -0.564. The van der Waals surface area contributed by atoms with Crippen molar-refractivity contribution in [3.8, 4) is 5.75 Å². The fourth-order valence-electron chi connectivity index (χ4n) is 1.58. The van der Waals surface area contributed by atoms with Crippen molar-refractivity contribution < 1.29 is 19.2 Å². The molecule has 0 aliphatic heterocycles. The molecule has 0 atom stereocenters. The molecule has 0 radical (unpaired) electrons. The summed E-state index contributed by atoms with van der Waals surface area (Å²) in [6.07, 6.45) is -0.575. The molecule has 0 unspecified atom stereocenters. The number of hydrogen-bond acceptors (Lipinski definition) is 6. The summed E-state index contributed by atoms with van der Waals surface area (Å²) in [6.45, 7) is 6.90. The molecule has 0 heterocycles. The van der Waals surface area contributed by atoms with Crippen molar-refractivity contribution in [2.24, 2.45) is 0 Å². The van der Waals surface area contributed by atoms with E-state index in [0.29, 0.717) is 0 Å². The molecule has 1 aromatic carbocycles. The number of carbonyl (C=O) groups is 1. The average molecular weight is 282 g/mol. The van der Waals surface area contributed by atoms with Crippen LogP contribution >= 0.6 is 0 Å². The largest absolute Gasteiger partial charge is 0.490 e. The first-order valence-corrected chi connectivity index (χ1v) is 6.18. The van der Waals surface area contributed by atoms with Gasteiger partial charge in [0.05, 0.1) is 17.1 Å². The summed E-state index contributed by atoms with van der Waals surface area (Å²) in [5.41, 5.74) is 5.00. The maximum absolute atomic E-state index is 12.0. The molecule has 7 heteroatoms. The molecular weight excluding hydrogens is 264 g/mol. The second-order valence-corrected chi connectivity index (χ2v) is 4.75. The molecule has 0 aliphatic carbocycles. The molecule has 7 nitrogen and oxygen atoms in total. The van der Waals surface area contributed by atoms with Crippen LogP contribution in [0.1, 0.15) is 38.1 Å². The van der Waals surface area contributed by atoms with Crippen molar-refractivity contribution in [3.63, 3.8) is 0 Å². The van der Waals surface area contributed by atoms with Crippen LogP contribution in [0.5, 0.6) is 5.75 Å². The first-order chi connectivity index (χ1) is 9.23. The highest BCUT2D eigenvalue weighted by atomic mass is 16.6. The van der Waals surface area contributed by atoms with E-state index < -0.39 is 10.9 Å². The number of benzene rings is 1.